The summed E-state index contributed by atoms with van der Waals surface area (Å²) < 4.78 is 0. The minimum atomic E-state index is 0.230. The van der Waals surface area contributed by atoms with Gasteiger partial charge >= 0.3 is 0 Å². The smallest absolute Gasteiger partial charge is 0.00701 e. The summed E-state index contributed by atoms with van der Waals surface area (Å²) in [5.41, 5.74) is 1.68. The number of hydrogen-bond donors (Lipinski definition) is 1. The van der Waals surface area contributed by atoms with Crippen LogP contribution in [0.25, 0.3) is 0 Å². The predicted molar refractivity (Wildman–Crippen MR) is 85.9 cm³/mol. The largest absolute Gasteiger partial charge is 0.313 e. The van der Waals surface area contributed by atoms with E-state index in [0.29, 0.717) is 0 Å². The summed E-state index contributed by atoms with van der Waals surface area (Å²) >= 11 is 0. The third kappa shape index (κ3) is 3.44. The Morgan fingerprint density at radius 3 is 2.45 bits per heavy atom. The molecule has 2 unspecified atom stereocenters. The highest BCUT2D eigenvalue weighted by molar-refractivity contribution is 5.23. The van der Waals surface area contributed by atoms with Crippen LogP contribution in [0.2, 0.25) is 0 Å². The highest BCUT2D eigenvalue weighted by Gasteiger charge is 2.35. The van der Waals surface area contributed by atoms with Crippen molar-refractivity contribution in [2.75, 3.05) is 6.54 Å². The first-order valence-corrected chi connectivity index (χ1v) is 8.44. The zero-order chi connectivity index (χ0) is 14.0. The SMILES string of the molecule is CC(C)(CNC1CCCC(C2CC2)C1)c1ccccc1. The van der Waals surface area contributed by atoms with Crippen molar-refractivity contribution in [2.45, 2.75) is 63.8 Å². The molecule has 1 nitrogen and oxygen atoms in total. The Hall–Kier alpha value is -0.820. The second kappa shape index (κ2) is 5.89. The van der Waals surface area contributed by atoms with E-state index in [9.17, 15) is 0 Å². The van der Waals surface area contributed by atoms with Crippen LogP contribution in [0.1, 0.15) is 57.9 Å². The summed E-state index contributed by atoms with van der Waals surface area (Å²) in [6, 6.07) is 11.7. The second-order valence-corrected chi connectivity index (χ2v) is 7.59. The number of benzene rings is 1. The van der Waals surface area contributed by atoms with E-state index in [-0.39, 0.29) is 5.41 Å². The molecular formula is C19H29N. The third-order valence-electron chi connectivity index (χ3n) is 5.39. The first-order chi connectivity index (χ1) is 9.65. The maximum atomic E-state index is 3.87. The van der Waals surface area contributed by atoms with Gasteiger partial charge in [-0.15, -0.1) is 0 Å². The highest BCUT2D eigenvalue weighted by Crippen LogP contribution is 2.43. The van der Waals surface area contributed by atoms with Crippen LogP contribution in [-0.2, 0) is 5.41 Å². The van der Waals surface area contributed by atoms with Gasteiger partial charge in [0.15, 0.2) is 0 Å². The Morgan fingerprint density at radius 1 is 1.00 bits per heavy atom. The normalized spacial score (nSPS) is 27.5. The van der Waals surface area contributed by atoms with Crippen molar-refractivity contribution >= 4 is 0 Å². The second-order valence-electron chi connectivity index (χ2n) is 7.59. The topological polar surface area (TPSA) is 12.0 Å². The van der Waals surface area contributed by atoms with E-state index in [2.05, 4.69) is 49.5 Å². The molecule has 2 saturated carbocycles. The molecule has 2 fully saturated rings. The molecule has 110 valence electrons. The van der Waals surface area contributed by atoms with Crippen molar-refractivity contribution in [3.63, 3.8) is 0 Å². The van der Waals surface area contributed by atoms with Crippen molar-refractivity contribution < 1.29 is 0 Å². The highest BCUT2D eigenvalue weighted by atomic mass is 14.9. The van der Waals surface area contributed by atoms with E-state index >= 15 is 0 Å². The van der Waals surface area contributed by atoms with Crippen LogP contribution in [0, 0.1) is 11.8 Å². The zero-order valence-electron chi connectivity index (χ0n) is 13.1. The molecule has 1 heteroatoms. The van der Waals surface area contributed by atoms with Gasteiger partial charge in [-0.2, -0.15) is 0 Å². The molecule has 1 N–H and O–H groups in total. The quantitative estimate of drug-likeness (QED) is 0.830. The molecule has 2 aliphatic carbocycles. The number of hydrogen-bond acceptors (Lipinski definition) is 1. The molecule has 3 rings (SSSR count). The summed E-state index contributed by atoms with van der Waals surface area (Å²) in [6.07, 6.45) is 8.75. The van der Waals surface area contributed by atoms with E-state index in [0.717, 1.165) is 24.4 Å². The summed E-state index contributed by atoms with van der Waals surface area (Å²) in [5, 5.41) is 3.87. The van der Waals surface area contributed by atoms with E-state index in [1.54, 1.807) is 0 Å². The fourth-order valence-corrected chi connectivity index (χ4v) is 3.80. The lowest BCUT2D eigenvalue weighted by Gasteiger charge is -2.33. The zero-order valence-corrected chi connectivity index (χ0v) is 13.1. The van der Waals surface area contributed by atoms with Gasteiger partial charge in [0.25, 0.3) is 0 Å². The number of rotatable bonds is 5. The first kappa shape index (κ1) is 14.1. The van der Waals surface area contributed by atoms with Crippen molar-refractivity contribution in [1.82, 2.24) is 5.32 Å². The summed E-state index contributed by atoms with van der Waals surface area (Å²) in [5.74, 6) is 2.11. The lowest BCUT2D eigenvalue weighted by atomic mass is 9.81. The van der Waals surface area contributed by atoms with Gasteiger partial charge in [-0.25, -0.2) is 0 Å². The van der Waals surface area contributed by atoms with Crippen LogP contribution >= 0.6 is 0 Å². The first-order valence-electron chi connectivity index (χ1n) is 8.44. The molecule has 0 spiro atoms. The molecular weight excluding hydrogens is 242 g/mol. The Balaban J connectivity index is 1.53. The summed E-state index contributed by atoms with van der Waals surface area (Å²) in [7, 11) is 0. The minimum Gasteiger partial charge on any atom is -0.313 e. The third-order valence-corrected chi connectivity index (χ3v) is 5.39. The summed E-state index contributed by atoms with van der Waals surface area (Å²) in [6.45, 7) is 5.81. The Labute approximate surface area is 124 Å². The molecule has 0 saturated heterocycles. The van der Waals surface area contributed by atoms with Crippen LogP contribution in [-0.4, -0.2) is 12.6 Å². The standard InChI is InChI=1S/C19H29N/c1-19(2,17-8-4-3-5-9-17)14-20-18-10-6-7-16(13-18)15-11-12-15/h3-5,8-9,15-16,18,20H,6-7,10-14H2,1-2H3. The molecule has 0 bridgehead atoms. The van der Waals surface area contributed by atoms with Crippen molar-refractivity contribution in [3.05, 3.63) is 35.9 Å². The van der Waals surface area contributed by atoms with E-state index in [4.69, 9.17) is 0 Å². The molecule has 1 aromatic carbocycles. The Bertz CT molecular complexity index is 419. The Kier molecular flexibility index (Phi) is 4.16. The van der Waals surface area contributed by atoms with E-state index < -0.39 is 0 Å². The van der Waals surface area contributed by atoms with Crippen molar-refractivity contribution in [3.8, 4) is 0 Å². The average Bonchev–Trinajstić information content (AvgIpc) is 3.31. The van der Waals surface area contributed by atoms with Gasteiger partial charge in [0.1, 0.15) is 0 Å². The Morgan fingerprint density at radius 2 is 1.75 bits per heavy atom. The maximum absolute atomic E-state index is 3.87. The number of nitrogens with one attached hydrogen (secondary N) is 1. The van der Waals surface area contributed by atoms with E-state index in [1.165, 1.54) is 44.1 Å². The van der Waals surface area contributed by atoms with Crippen LogP contribution in [0.3, 0.4) is 0 Å². The fourth-order valence-electron chi connectivity index (χ4n) is 3.80. The van der Waals surface area contributed by atoms with Gasteiger partial charge in [-0.3, -0.25) is 0 Å². The van der Waals surface area contributed by atoms with Crippen LogP contribution in [0.4, 0.5) is 0 Å². The van der Waals surface area contributed by atoms with Crippen molar-refractivity contribution in [2.24, 2.45) is 11.8 Å². The molecule has 0 radical (unpaired) electrons. The van der Waals surface area contributed by atoms with Gasteiger partial charge in [0.2, 0.25) is 0 Å². The molecule has 0 aromatic heterocycles. The lowest BCUT2D eigenvalue weighted by Crippen LogP contribution is -2.41. The molecule has 0 amide bonds. The van der Waals surface area contributed by atoms with Gasteiger partial charge < -0.3 is 5.32 Å². The fraction of sp³-hybridized carbons (Fsp3) is 0.684. The molecule has 2 atom stereocenters. The van der Waals surface area contributed by atoms with Gasteiger partial charge in [0, 0.05) is 18.0 Å². The molecule has 20 heavy (non-hydrogen) atoms. The summed E-state index contributed by atoms with van der Waals surface area (Å²) in [4.78, 5) is 0. The minimum absolute atomic E-state index is 0.230. The molecule has 0 aliphatic heterocycles. The van der Waals surface area contributed by atoms with Gasteiger partial charge in [-0.05, 0) is 43.1 Å². The predicted octanol–water partition coefficient (Wildman–Crippen LogP) is 4.52. The average molecular weight is 271 g/mol. The molecule has 0 heterocycles. The van der Waals surface area contributed by atoms with E-state index in [1.807, 2.05) is 0 Å². The maximum Gasteiger partial charge on any atom is 0.00701 e. The monoisotopic (exact) mass is 271 g/mol. The molecule has 2 aliphatic rings. The van der Waals surface area contributed by atoms with Gasteiger partial charge in [-0.1, -0.05) is 57.0 Å². The van der Waals surface area contributed by atoms with Crippen LogP contribution in [0.15, 0.2) is 30.3 Å². The van der Waals surface area contributed by atoms with Crippen molar-refractivity contribution in [1.29, 1.82) is 0 Å². The lowest BCUT2D eigenvalue weighted by molar-refractivity contribution is 0.251. The van der Waals surface area contributed by atoms with Crippen LogP contribution < -0.4 is 5.32 Å². The van der Waals surface area contributed by atoms with Crippen LogP contribution in [0.5, 0.6) is 0 Å². The van der Waals surface area contributed by atoms with Gasteiger partial charge in [0.05, 0.1) is 0 Å². The molecule has 1 aromatic rings.